The average Bonchev–Trinajstić information content (AvgIpc) is 2.57. The normalized spacial score (nSPS) is 10.3. The molecular weight excluding hydrogens is 294 g/mol. The standard InChI is InChI=1S/C17H17N3O3/c1-2-23-15-10-8-13(9-11-15)12-18-20-17(22)16(21)19-14-6-4-3-5-7-14/h3-12H,2H2,1H3,(H,19,21)(H,20,22). The molecule has 0 saturated heterocycles. The molecule has 2 amide bonds. The molecule has 2 aromatic rings. The molecule has 2 N–H and O–H groups in total. The van der Waals surface area contributed by atoms with Crippen molar-refractivity contribution in [2.24, 2.45) is 5.10 Å². The Balaban J connectivity index is 1.84. The van der Waals surface area contributed by atoms with Crippen LogP contribution in [0.25, 0.3) is 0 Å². The maximum absolute atomic E-state index is 11.7. The molecule has 2 rings (SSSR count). The van der Waals surface area contributed by atoms with E-state index in [-0.39, 0.29) is 0 Å². The Morgan fingerprint density at radius 3 is 2.39 bits per heavy atom. The van der Waals surface area contributed by atoms with E-state index in [4.69, 9.17) is 4.74 Å². The van der Waals surface area contributed by atoms with Crippen LogP contribution >= 0.6 is 0 Å². The van der Waals surface area contributed by atoms with E-state index < -0.39 is 11.8 Å². The molecule has 0 aliphatic heterocycles. The Morgan fingerprint density at radius 1 is 1.04 bits per heavy atom. The minimum Gasteiger partial charge on any atom is -0.494 e. The van der Waals surface area contributed by atoms with Crippen molar-refractivity contribution < 1.29 is 14.3 Å². The van der Waals surface area contributed by atoms with Gasteiger partial charge in [0, 0.05) is 5.69 Å². The first-order chi connectivity index (χ1) is 11.2. The van der Waals surface area contributed by atoms with Crippen LogP contribution in [0.3, 0.4) is 0 Å². The molecule has 6 nitrogen and oxygen atoms in total. The van der Waals surface area contributed by atoms with Gasteiger partial charge in [0.25, 0.3) is 0 Å². The molecular formula is C17H17N3O3. The summed E-state index contributed by atoms with van der Waals surface area (Å²) in [5.41, 5.74) is 3.50. The summed E-state index contributed by atoms with van der Waals surface area (Å²) in [6, 6.07) is 15.9. The maximum Gasteiger partial charge on any atom is 0.329 e. The molecule has 6 heteroatoms. The van der Waals surface area contributed by atoms with Crippen LogP contribution in [0.1, 0.15) is 12.5 Å². The molecule has 0 heterocycles. The van der Waals surface area contributed by atoms with Crippen molar-refractivity contribution in [2.45, 2.75) is 6.92 Å². The molecule has 0 saturated carbocycles. The number of hydrazone groups is 1. The minimum atomic E-state index is -0.837. The van der Waals surface area contributed by atoms with Crippen molar-refractivity contribution in [3.63, 3.8) is 0 Å². The molecule has 0 atom stereocenters. The predicted octanol–water partition coefficient (Wildman–Crippen LogP) is 2.17. The minimum absolute atomic E-state index is 0.545. The number of carbonyl (C=O) groups is 2. The smallest absolute Gasteiger partial charge is 0.329 e. The van der Waals surface area contributed by atoms with E-state index in [0.717, 1.165) is 11.3 Å². The second-order valence-corrected chi connectivity index (χ2v) is 4.52. The lowest BCUT2D eigenvalue weighted by molar-refractivity contribution is -0.136. The molecule has 0 radical (unpaired) electrons. The summed E-state index contributed by atoms with van der Waals surface area (Å²) in [5, 5.41) is 6.22. The first kappa shape index (κ1) is 16.2. The molecule has 118 valence electrons. The van der Waals surface area contributed by atoms with Crippen LogP contribution in [0.2, 0.25) is 0 Å². The second kappa shape index (κ2) is 8.33. The van der Waals surface area contributed by atoms with Crippen molar-refractivity contribution in [3.05, 3.63) is 60.2 Å². The van der Waals surface area contributed by atoms with Gasteiger partial charge >= 0.3 is 11.8 Å². The molecule has 0 aliphatic carbocycles. The van der Waals surface area contributed by atoms with Gasteiger partial charge in [-0.1, -0.05) is 18.2 Å². The Bertz CT molecular complexity index is 682. The summed E-state index contributed by atoms with van der Waals surface area (Å²) >= 11 is 0. The van der Waals surface area contributed by atoms with Gasteiger partial charge in [0.2, 0.25) is 0 Å². The van der Waals surface area contributed by atoms with Crippen LogP contribution in [0.15, 0.2) is 59.7 Å². The summed E-state index contributed by atoms with van der Waals surface area (Å²) in [6.45, 7) is 2.51. The van der Waals surface area contributed by atoms with E-state index in [1.807, 2.05) is 13.0 Å². The van der Waals surface area contributed by atoms with Gasteiger partial charge in [-0.2, -0.15) is 5.10 Å². The molecule has 23 heavy (non-hydrogen) atoms. The van der Waals surface area contributed by atoms with Gasteiger partial charge in [0.15, 0.2) is 0 Å². The Hall–Kier alpha value is -3.15. The van der Waals surface area contributed by atoms with Crippen molar-refractivity contribution in [3.8, 4) is 5.75 Å². The number of carbonyl (C=O) groups excluding carboxylic acids is 2. The lowest BCUT2D eigenvalue weighted by atomic mass is 10.2. The highest BCUT2D eigenvalue weighted by atomic mass is 16.5. The first-order valence-corrected chi connectivity index (χ1v) is 7.11. The molecule has 0 aliphatic rings. The predicted molar refractivity (Wildman–Crippen MR) is 88.4 cm³/mol. The fraction of sp³-hybridized carbons (Fsp3) is 0.118. The summed E-state index contributed by atoms with van der Waals surface area (Å²) in [7, 11) is 0. The fourth-order valence-corrected chi connectivity index (χ4v) is 1.74. The molecule has 2 aromatic carbocycles. The molecule has 0 unspecified atom stereocenters. The number of anilines is 1. The van der Waals surface area contributed by atoms with Gasteiger partial charge in [0.05, 0.1) is 12.8 Å². The first-order valence-electron chi connectivity index (χ1n) is 7.11. The third kappa shape index (κ3) is 5.28. The van der Waals surface area contributed by atoms with Gasteiger partial charge in [-0.3, -0.25) is 9.59 Å². The van der Waals surface area contributed by atoms with Crippen LogP contribution in [0.5, 0.6) is 5.75 Å². The lowest BCUT2D eigenvalue weighted by Crippen LogP contribution is -2.32. The highest BCUT2D eigenvalue weighted by molar-refractivity contribution is 6.39. The van der Waals surface area contributed by atoms with Crippen molar-refractivity contribution in [1.82, 2.24) is 5.43 Å². The van der Waals surface area contributed by atoms with Crippen molar-refractivity contribution in [2.75, 3.05) is 11.9 Å². The van der Waals surface area contributed by atoms with E-state index >= 15 is 0 Å². The van der Waals surface area contributed by atoms with Crippen LogP contribution in [-0.4, -0.2) is 24.6 Å². The van der Waals surface area contributed by atoms with E-state index in [1.54, 1.807) is 48.5 Å². The van der Waals surface area contributed by atoms with E-state index in [9.17, 15) is 9.59 Å². The highest BCUT2D eigenvalue weighted by Gasteiger charge is 2.12. The topological polar surface area (TPSA) is 79.8 Å². The zero-order valence-corrected chi connectivity index (χ0v) is 12.7. The zero-order chi connectivity index (χ0) is 16.5. The van der Waals surface area contributed by atoms with Gasteiger partial charge in [0.1, 0.15) is 5.75 Å². The van der Waals surface area contributed by atoms with Gasteiger partial charge < -0.3 is 10.1 Å². The number of hydrogen-bond acceptors (Lipinski definition) is 4. The van der Waals surface area contributed by atoms with Crippen LogP contribution in [0, 0.1) is 0 Å². The van der Waals surface area contributed by atoms with E-state index in [1.165, 1.54) is 6.21 Å². The zero-order valence-electron chi connectivity index (χ0n) is 12.7. The Kier molecular flexibility index (Phi) is 5.88. The van der Waals surface area contributed by atoms with Crippen LogP contribution in [-0.2, 0) is 9.59 Å². The number of nitrogens with one attached hydrogen (secondary N) is 2. The van der Waals surface area contributed by atoms with Gasteiger partial charge in [-0.15, -0.1) is 0 Å². The number of para-hydroxylation sites is 1. The summed E-state index contributed by atoms with van der Waals surface area (Å²) < 4.78 is 5.32. The second-order valence-electron chi connectivity index (χ2n) is 4.52. The monoisotopic (exact) mass is 311 g/mol. The van der Waals surface area contributed by atoms with Crippen molar-refractivity contribution in [1.29, 1.82) is 0 Å². The number of nitrogens with zero attached hydrogens (tertiary/aromatic N) is 1. The third-order valence-electron chi connectivity index (χ3n) is 2.81. The van der Waals surface area contributed by atoms with E-state index in [2.05, 4.69) is 15.8 Å². The number of rotatable bonds is 5. The summed E-state index contributed by atoms with van der Waals surface area (Å²) in [6.07, 6.45) is 1.45. The molecule has 0 fully saturated rings. The lowest BCUT2D eigenvalue weighted by Gasteiger charge is -2.03. The van der Waals surface area contributed by atoms with Crippen molar-refractivity contribution >= 4 is 23.7 Å². The Morgan fingerprint density at radius 2 is 1.74 bits per heavy atom. The molecule has 0 bridgehead atoms. The highest BCUT2D eigenvalue weighted by Crippen LogP contribution is 2.10. The fourth-order valence-electron chi connectivity index (χ4n) is 1.74. The average molecular weight is 311 g/mol. The number of benzene rings is 2. The Labute approximate surface area is 134 Å². The quantitative estimate of drug-likeness (QED) is 0.504. The summed E-state index contributed by atoms with van der Waals surface area (Å²) in [4.78, 5) is 23.3. The van der Waals surface area contributed by atoms with Crippen LogP contribution < -0.4 is 15.5 Å². The largest absolute Gasteiger partial charge is 0.494 e. The van der Waals surface area contributed by atoms with Crippen LogP contribution in [0.4, 0.5) is 5.69 Å². The van der Waals surface area contributed by atoms with E-state index in [0.29, 0.717) is 12.3 Å². The van der Waals surface area contributed by atoms with Gasteiger partial charge in [-0.05, 0) is 48.9 Å². The summed E-state index contributed by atoms with van der Waals surface area (Å²) in [5.74, 6) is -0.855. The SMILES string of the molecule is CCOc1ccc(C=NNC(=O)C(=O)Nc2ccccc2)cc1. The maximum atomic E-state index is 11.7. The molecule has 0 aromatic heterocycles. The number of ether oxygens (including phenoxy) is 1. The molecule has 0 spiro atoms. The number of hydrogen-bond donors (Lipinski definition) is 2. The van der Waals surface area contributed by atoms with Gasteiger partial charge in [-0.25, -0.2) is 5.43 Å². The number of amides is 2. The third-order valence-corrected chi connectivity index (χ3v) is 2.81.